The summed E-state index contributed by atoms with van der Waals surface area (Å²) >= 11 is 0. The molecule has 0 aromatic carbocycles. The van der Waals surface area contributed by atoms with Crippen LogP contribution in [0.25, 0.3) is 20.9 Å². The van der Waals surface area contributed by atoms with Crippen LogP contribution in [0.5, 0.6) is 0 Å². The van der Waals surface area contributed by atoms with Gasteiger partial charge in [-0.1, -0.05) is 16.6 Å². The van der Waals surface area contributed by atoms with Crippen LogP contribution < -0.4 is 0 Å². The fraction of sp³-hybridized carbons (Fsp3) is 0.750. The van der Waals surface area contributed by atoms with E-state index in [0.29, 0.717) is 13.1 Å². The van der Waals surface area contributed by atoms with Crippen LogP contribution in [-0.2, 0) is 9.53 Å². The molecular formula is C12H18N6O2. The molecule has 0 spiro atoms. The number of carbonyl (C=O) groups is 1. The van der Waals surface area contributed by atoms with Crippen LogP contribution in [0.2, 0.25) is 0 Å². The Bertz CT molecular complexity index is 449. The van der Waals surface area contributed by atoms with Crippen molar-refractivity contribution in [3.8, 4) is 0 Å². The number of ether oxygens (including phenoxy) is 1. The first-order valence-corrected chi connectivity index (χ1v) is 6.73. The van der Waals surface area contributed by atoms with E-state index < -0.39 is 0 Å². The van der Waals surface area contributed by atoms with E-state index in [2.05, 4.69) is 20.1 Å². The lowest BCUT2D eigenvalue weighted by atomic mass is 9.94. The summed E-state index contributed by atoms with van der Waals surface area (Å²) in [6, 6.07) is 0. The molecule has 0 aliphatic carbocycles. The van der Waals surface area contributed by atoms with Crippen molar-refractivity contribution in [2.24, 2.45) is 16.1 Å². The summed E-state index contributed by atoms with van der Waals surface area (Å²) in [4.78, 5) is 16.7. The highest BCUT2D eigenvalue weighted by molar-refractivity contribution is 5.82. The van der Waals surface area contributed by atoms with Crippen LogP contribution >= 0.6 is 0 Å². The molecule has 1 heterocycles. The molecule has 0 unspecified atom stereocenters. The number of cyclic esters (lactones) is 1. The first-order valence-electron chi connectivity index (χ1n) is 6.73. The first kappa shape index (κ1) is 15.9. The number of carbonyl (C=O) groups excluding carboxylic acids is 1. The van der Waals surface area contributed by atoms with Crippen LogP contribution in [0, 0.1) is 5.92 Å². The minimum Gasteiger partial charge on any atom is -0.430 e. The Kier molecular flexibility index (Phi) is 7.72. The molecule has 1 fully saturated rings. The fourth-order valence-electron chi connectivity index (χ4n) is 1.95. The van der Waals surface area contributed by atoms with Gasteiger partial charge in [0.15, 0.2) is 0 Å². The molecule has 20 heavy (non-hydrogen) atoms. The number of hydrogen-bond donors (Lipinski definition) is 0. The lowest BCUT2D eigenvalue weighted by molar-refractivity contribution is -0.157. The summed E-state index contributed by atoms with van der Waals surface area (Å²) in [7, 11) is 0. The van der Waals surface area contributed by atoms with Gasteiger partial charge >= 0.3 is 5.97 Å². The minimum absolute atomic E-state index is 0.127. The maximum absolute atomic E-state index is 11.3. The molecule has 8 heteroatoms. The molecule has 0 aromatic rings. The second kappa shape index (κ2) is 9.72. The standard InChI is InChI=1S/C12H18N6O2/c13-17-15-8-4-1-2-7-11-10(12(19)20-11)6-3-5-9-16-18-14/h7,10H,1-6,8-9H2/b11-7-/t10-/m0/s1. The van der Waals surface area contributed by atoms with Gasteiger partial charge < -0.3 is 4.74 Å². The van der Waals surface area contributed by atoms with Gasteiger partial charge in [0.05, 0.1) is 0 Å². The maximum Gasteiger partial charge on any atom is 0.321 e. The van der Waals surface area contributed by atoms with Crippen LogP contribution in [0.3, 0.4) is 0 Å². The molecule has 1 atom stereocenters. The van der Waals surface area contributed by atoms with Gasteiger partial charge in [0, 0.05) is 22.9 Å². The van der Waals surface area contributed by atoms with Crippen molar-refractivity contribution in [3.05, 3.63) is 32.7 Å². The number of unbranched alkanes of at least 4 members (excludes halogenated alkanes) is 3. The number of allylic oxidation sites excluding steroid dienone is 1. The van der Waals surface area contributed by atoms with Crippen molar-refractivity contribution in [1.82, 2.24) is 0 Å². The zero-order valence-electron chi connectivity index (χ0n) is 11.3. The van der Waals surface area contributed by atoms with Crippen molar-refractivity contribution < 1.29 is 9.53 Å². The summed E-state index contributed by atoms with van der Waals surface area (Å²) in [5, 5.41) is 6.91. The summed E-state index contributed by atoms with van der Waals surface area (Å²) in [6.07, 6.45) is 6.86. The van der Waals surface area contributed by atoms with E-state index in [1.807, 2.05) is 6.08 Å². The van der Waals surface area contributed by atoms with E-state index in [9.17, 15) is 4.79 Å². The number of hydrogen-bond acceptors (Lipinski definition) is 4. The second-order valence-corrected chi connectivity index (χ2v) is 4.48. The molecule has 1 aliphatic rings. The number of azide groups is 2. The molecule has 0 saturated carbocycles. The minimum atomic E-state index is -0.172. The number of rotatable bonds is 10. The van der Waals surface area contributed by atoms with Gasteiger partial charge in [-0.2, -0.15) is 0 Å². The van der Waals surface area contributed by atoms with Crippen LogP contribution in [0.4, 0.5) is 0 Å². The summed E-state index contributed by atoms with van der Waals surface area (Å²) in [6.45, 7) is 0.971. The SMILES string of the molecule is [N-]=[N+]=NCCCC/C=C1\OC(=O)[C@H]1CCCCN=[N+]=[N-]. The monoisotopic (exact) mass is 278 g/mol. The van der Waals surface area contributed by atoms with E-state index in [4.69, 9.17) is 15.8 Å². The second-order valence-electron chi connectivity index (χ2n) is 4.48. The summed E-state index contributed by atoms with van der Waals surface area (Å²) in [5.74, 6) is 0.454. The average molecular weight is 278 g/mol. The van der Waals surface area contributed by atoms with Gasteiger partial charge in [-0.05, 0) is 49.2 Å². The molecule has 0 radical (unpaired) electrons. The Balaban J connectivity index is 2.19. The predicted octanol–water partition coefficient (Wildman–Crippen LogP) is 4.00. The quantitative estimate of drug-likeness (QED) is 0.197. The third-order valence-corrected chi connectivity index (χ3v) is 3.03. The normalized spacial score (nSPS) is 18.7. The number of nitrogens with zero attached hydrogens (tertiary/aromatic N) is 6. The average Bonchev–Trinajstić information content (AvgIpc) is 2.45. The molecule has 0 aromatic heterocycles. The van der Waals surface area contributed by atoms with Gasteiger partial charge in [0.25, 0.3) is 0 Å². The molecular weight excluding hydrogens is 260 g/mol. The lowest BCUT2D eigenvalue weighted by Gasteiger charge is -2.27. The molecule has 0 N–H and O–H groups in total. The highest BCUT2D eigenvalue weighted by atomic mass is 16.6. The van der Waals surface area contributed by atoms with Gasteiger partial charge in [0.2, 0.25) is 0 Å². The maximum atomic E-state index is 11.3. The van der Waals surface area contributed by atoms with E-state index >= 15 is 0 Å². The predicted molar refractivity (Wildman–Crippen MR) is 73.4 cm³/mol. The summed E-state index contributed by atoms with van der Waals surface area (Å²) in [5.41, 5.74) is 16.3. The van der Waals surface area contributed by atoms with Crippen LogP contribution in [-0.4, -0.2) is 19.1 Å². The topological polar surface area (TPSA) is 124 Å². The van der Waals surface area contributed by atoms with Crippen molar-refractivity contribution >= 4 is 5.97 Å². The largest absolute Gasteiger partial charge is 0.430 e. The van der Waals surface area contributed by atoms with E-state index in [1.54, 1.807) is 0 Å². The summed E-state index contributed by atoms with van der Waals surface area (Å²) < 4.78 is 5.02. The van der Waals surface area contributed by atoms with E-state index in [1.165, 1.54) is 0 Å². The molecule has 8 nitrogen and oxygen atoms in total. The van der Waals surface area contributed by atoms with Crippen molar-refractivity contribution in [1.29, 1.82) is 0 Å². The Morgan fingerprint density at radius 3 is 2.35 bits per heavy atom. The first-order chi connectivity index (χ1) is 9.79. The fourth-order valence-corrected chi connectivity index (χ4v) is 1.95. The Morgan fingerprint density at radius 1 is 1.10 bits per heavy atom. The third-order valence-electron chi connectivity index (χ3n) is 3.03. The molecule has 1 aliphatic heterocycles. The smallest absolute Gasteiger partial charge is 0.321 e. The van der Waals surface area contributed by atoms with Crippen molar-refractivity contribution in [2.45, 2.75) is 38.5 Å². The van der Waals surface area contributed by atoms with Gasteiger partial charge in [-0.15, -0.1) is 0 Å². The van der Waals surface area contributed by atoms with E-state index in [0.717, 1.165) is 44.3 Å². The van der Waals surface area contributed by atoms with Gasteiger partial charge in [0.1, 0.15) is 11.7 Å². The van der Waals surface area contributed by atoms with Crippen LogP contribution in [0.1, 0.15) is 38.5 Å². The Hall–Kier alpha value is -2.17. The number of esters is 1. The van der Waals surface area contributed by atoms with Gasteiger partial charge in [-0.3, -0.25) is 4.79 Å². The molecule has 108 valence electrons. The third kappa shape index (κ3) is 5.65. The molecule has 0 bridgehead atoms. The molecule has 1 saturated heterocycles. The van der Waals surface area contributed by atoms with Gasteiger partial charge in [-0.25, -0.2) is 0 Å². The van der Waals surface area contributed by atoms with Crippen molar-refractivity contribution in [3.63, 3.8) is 0 Å². The lowest BCUT2D eigenvalue weighted by Crippen LogP contribution is -2.32. The highest BCUT2D eigenvalue weighted by Crippen LogP contribution is 2.31. The zero-order chi connectivity index (χ0) is 14.6. The zero-order valence-corrected chi connectivity index (χ0v) is 11.3. The van der Waals surface area contributed by atoms with Crippen LogP contribution in [0.15, 0.2) is 22.1 Å². The Labute approximate surface area is 117 Å². The van der Waals surface area contributed by atoms with E-state index in [-0.39, 0.29) is 11.9 Å². The molecule has 0 amide bonds. The Morgan fingerprint density at radius 2 is 1.75 bits per heavy atom. The van der Waals surface area contributed by atoms with Crippen molar-refractivity contribution in [2.75, 3.05) is 13.1 Å². The highest BCUT2D eigenvalue weighted by Gasteiger charge is 2.36. The molecule has 1 rings (SSSR count).